The largest absolute Gasteiger partial charge is 0.347 e. The Bertz CT molecular complexity index is 637. The van der Waals surface area contributed by atoms with Gasteiger partial charge >= 0.3 is 0 Å². The third-order valence-corrected chi connectivity index (χ3v) is 4.31. The van der Waals surface area contributed by atoms with Gasteiger partial charge in [-0.15, -0.1) is 0 Å². The molecule has 104 valence electrons. The molecule has 1 aromatic heterocycles. The van der Waals surface area contributed by atoms with E-state index in [1.54, 1.807) is 0 Å². The summed E-state index contributed by atoms with van der Waals surface area (Å²) in [6.07, 6.45) is 6.05. The third kappa shape index (κ3) is 3.15. The maximum Gasteiger partial charge on any atom is 0.130 e. The van der Waals surface area contributed by atoms with E-state index >= 15 is 0 Å². The average molecular weight is 284 g/mol. The molecule has 1 heterocycles. The molecular formula is C17H20N2S. The van der Waals surface area contributed by atoms with Gasteiger partial charge in [-0.2, -0.15) is 0 Å². The Morgan fingerprint density at radius 2 is 1.90 bits per heavy atom. The summed E-state index contributed by atoms with van der Waals surface area (Å²) in [4.78, 5) is 7.99. The maximum absolute atomic E-state index is 5.33. The minimum absolute atomic E-state index is 0.650. The zero-order chi connectivity index (χ0) is 13.9. The summed E-state index contributed by atoms with van der Waals surface area (Å²) < 4.78 is 0.716. The summed E-state index contributed by atoms with van der Waals surface area (Å²) in [6.45, 7) is 2.11. The lowest BCUT2D eigenvalue weighted by Crippen LogP contribution is -2.04. The number of hydrogen-bond acceptors (Lipinski definition) is 2. The van der Waals surface area contributed by atoms with Crippen LogP contribution in [-0.4, -0.2) is 9.97 Å². The molecule has 1 fully saturated rings. The Hall–Kier alpha value is -1.48. The van der Waals surface area contributed by atoms with Crippen molar-refractivity contribution in [2.45, 2.75) is 44.9 Å². The molecule has 0 saturated heterocycles. The lowest BCUT2D eigenvalue weighted by atomic mass is 10.0. The molecule has 1 aliphatic rings. The fourth-order valence-electron chi connectivity index (χ4n) is 2.97. The molecule has 20 heavy (non-hydrogen) atoms. The zero-order valence-corrected chi connectivity index (χ0v) is 12.7. The van der Waals surface area contributed by atoms with Gasteiger partial charge in [0.05, 0.1) is 0 Å². The number of aromatic nitrogens is 2. The lowest BCUT2D eigenvalue weighted by molar-refractivity contribution is 0.685. The van der Waals surface area contributed by atoms with Gasteiger partial charge in [-0.25, -0.2) is 4.98 Å². The average Bonchev–Trinajstić information content (AvgIpc) is 2.95. The first-order valence-corrected chi connectivity index (χ1v) is 7.77. The Morgan fingerprint density at radius 3 is 2.60 bits per heavy atom. The van der Waals surface area contributed by atoms with E-state index in [9.17, 15) is 0 Å². The van der Waals surface area contributed by atoms with E-state index in [1.165, 1.54) is 42.5 Å². The molecule has 3 heteroatoms. The first-order valence-electron chi connectivity index (χ1n) is 7.36. The second-order valence-corrected chi connectivity index (χ2v) is 6.18. The maximum atomic E-state index is 5.33. The van der Waals surface area contributed by atoms with Crippen LogP contribution >= 0.6 is 12.2 Å². The van der Waals surface area contributed by atoms with Gasteiger partial charge in [0, 0.05) is 12.1 Å². The molecule has 0 atom stereocenters. The topological polar surface area (TPSA) is 28.7 Å². The SMILES string of the molecule is Cc1ccc(Cc2nc(=S)cc(C3CCCC3)[nH]2)cc1. The van der Waals surface area contributed by atoms with Crippen LogP contribution in [0.1, 0.15) is 54.2 Å². The van der Waals surface area contributed by atoms with Crippen molar-refractivity contribution in [2.24, 2.45) is 0 Å². The molecule has 1 aliphatic carbocycles. The first kappa shape index (κ1) is 13.5. The number of rotatable bonds is 3. The first-order chi connectivity index (χ1) is 9.70. The smallest absolute Gasteiger partial charge is 0.130 e. The van der Waals surface area contributed by atoms with E-state index in [1.807, 2.05) is 6.07 Å². The Balaban J connectivity index is 1.85. The van der Waals surface area contributed by atoms with E-state index in [-0.39, 0.29) is 0 Å². The summed E-state index contributed by atoms with van der Waals surface area (Å²) in [6, 6.07) is 10.7. The third-order valence-electron chi connectivity index (χ3n) is 4.10. The van der Waals surface area contributed by atoms with Crippen molar-refractivity contribution in [2.75, 3.05) is 0 Å². The molecular weight excluding hydrogens is 264 g/mol. The molecule has 0 amide bonds. The minimum Gasteiger partial charge on any atom is -0.347 e. The van der Waals surface area contributed by atoms with Gasteiger partial charge in [0.2, 0.25) is 0 Å². The van der Waals surface area contributed by atoms with Crippen molar-refractivity contribution in [1.29, 1.82) is 0 Å². The predicted molar refractivity (Wildman–Crippen MR) is 84.6 cm³/mol. The molecule has 0 radical (unpaired) electrons. The molecule has 0 spiro atoms. The molecule has 2 aromatic rings. The minimum atomic E-state index is 0.650. The van der Waals surface area contributed by atoms with Crippen molar-refractivity contribution in [3.63, 3.8) is 0 Å². The number of H-pyrrole nitrogens is 1. The van der Waals surface area contributed by atoms with Crippen LogP contribution in [-0.2, 0) is 6.42 Å². The highest BCUT2D eigenvalue weighted by Gasteiger charge is 2.18. The highest BCUT2D eigenvalue weighted by Crippen LogP contribution is 2.32. The fraction of sp³-hybridized carbons (Fsp3) is 0.412. The number of aryl methyl sites for hydroxylation is 1. The Morgan fingerprint density at radius 1 is 1.20 bits per heavy atom. The second kappa shape index (κ2) is 5.88. The number of benzene rings is 1. The van der Waals surface area contributed by atoms with Gasteiger partial charge in [-0.3, -0.25) is 0 Å². The number of nitrogens with one attached hydrogen (secondary N) is 1. The monoisotopic (exact) mass is 284 g/mol. The molecule has 0 bridgehead atoms. The summed E-state index contributed by atoms with van der Waals surface area (Å²) in [5.74, 6) is 1.64. The van der Waals surface area contributed by atoms with E-state index in [0.29, 0.717) is 10.6 Å². The summed E-state index contributed by atoms with van der Waals surface area (Å²) >= 11 is 5.33. The fourth-order valence-corrected chi connectivity index (χ4v) is 3.21. The number of aromatic amines is 1. The quantitative estimate of drug-likeness (QED) is 0.828. The number of hydrogen-bond donors (Lipinski definition) is 1. The van der Waals surface area contributed by atoms with Crippen LogP contribution in [0.5, 0.6) is 0 Å². The van der Waals surface area contributed by atoms with Crippen molar-refractivity contribution in [3.8, 4) is 0 Å². The molecule has 0 aliphatic heterocycles. The van der Waals surface area contributed by atoms with Gasteiger partial charge < -0.3 is 4.98 Å². The molecule has 2 nitrogen and oxygen atoms in total. The molecule has 1 saturated carbocycles. The van der Waals surface area contributed by atoms with E-state index in [0.717, 1.165) is 12.2 Å². The van der Waals surface area contributed by atoms with Crippen LogP contribution in [0.4, 0.5) is 0 Å². The molecule has 3 rings (SSSR count). The van der Waals surface area contributed by atoms with E-state index in [2.05, 4.69) is 41.2 Å². The van der Waals surface area contributed by atoms with Crippen molar-refractivity contribution in [3.05, 3.63) is 57.6 Å². The van der Waals surface area contributed by atoms with Gasteiger partial charge in [0.25, 0.3) is 0 Å². The van der Waals surface area contributed by atoms with Crippen LogP contribution in [0, 0.1) is 11.6 Å². The predicted octanol–water partition coefficient (Wildman–Crippen LogP) is 4.70. The van der Waals surface area contributed by atoms with E-state index in [4.69, 9.17) is 12.2 Å². The number of nitrogens with zero attached hydrogens (tertiary/aromatic N) is 1. The van der Waals surface area contributed by atoms with Crippen LogP contribution in [0.15, 0.2) is 30.3 Å². The molecule has 1 N–H and O–H groups in total. The van der Waals surface area contributed by atoms with Crippen molar-refractivity contribution >= 4 is 12.2 Å². The van der Waals surface area contributed by atoms with Gasteiger partial charge in [-0.1, -0.05) is 54.9 Å². The summed E-state index contributed by atoms with van der Waals surface area (Å²) in [5.41, 5.74) is 3.84. The van der Waals surface area contributed by atoms with E-state index < -0.39 is 0 Å². The second-order valence-electron chi connectivity index (χ2n) is 5.77. The highest BCUT2D eigenvalue weighted by molar-refractivity contribution is 7.71. The normalized spacial score (nSPS) is 15.7. The molecule has 0 unspecified atom stereocenters. The summed E-state index contributed by atoms with van der Waals surface area (Å²) in [5, 5.41) is 0. The van der Waals surface area contributed by atoms with Gasteiger partial charge in [0.15, 0.2) is 0 Å². The van der Waals surface area contributed by atoms with Gasteiger partial charge in [-0.05, 0) is 37.3 Å². The molecule has 1 aromatic carbocycles. The van der Waals surface area contributed by atoms with Gasteiger partial charge in [0.1, 0.15) is 10.5 Å². The van der Waals surface area contributed by atoms with Crippen molar-refractivity contribution in [1.82, 2.24) is 9.97 Å². The Kier molecular flexibility index (Phi) is 3.97. The van der Waals surface area contributed by atoms with Crippen molar-refractivity contribution < 1.29 is 0 Å². The zero-order valence-electron chi connectivity index (χ0n) is 11.9. The lowest BCUT2D eigenvalue weighted by Gasteiger charge is -2.11. The standard InChI is InChI=1S/C17H20N2S/c1-12-6-8-13(9-7-12)10-16-18-15(11-17(20)19-16)14-4-2-3-5-14/h6-9,11,14H,2-5,10H2,1H3,(H,18,19,20). The highest BCUT2D eigenvalue weighted by atomic mass is 32.1. The van der Waals surface area contributed by atoms with Crippen LogP contribution in [0.2, 0.25) is 0 Å². The Labute approximate surface area is 125 Å². The summed E-state index contributed by atoms with van der Waals surface area (Å²) in [7, 11) is 0. The van der Waals surface area contributed by atoms with Crippen LogP contribution < -0.4 is 0 Å². The van der Waals surface area contributed by atoms with Crippen LogP contribution in [0.25, 0.3) is 0 Å². The van der Waals surface area contributed by atoms with Crippen LogP contribution in [0.3, 0.4) is 0 Å².